The molecule has 0 unspecified atom stereocenters. The molecule has 0 saturated heterocycles. The van der Waals surface area contributed by atoms with Gasteiger partial charge in [0.25, 0.3) is 0 Å². The molecule has 0 spiro atoms. The fraction of sp³-hybridized carbons (Fsp3) is 0.917. The highest BCUT2D eigenvalue weighted by Crippen LogP contribution is 2.10. The first-order chi connectivity index (χ1) is 6.36. The Kier molecular flexibility index (Phi) is 5.82. The van der Waals surface area contributed by atoms with Gasteiger partial charge in [-0.1, -0.05) is 27.7 Å². The lowest BCUT2D eigenvalue weighted by Crippen LogP contribution is -2.40. The maximum atomic E-state index is 11.8. The molecular weight excluding hydrogens is 174 g/mol. The van der Waals surface area contributed by atoms with E-state index in [1.807, 2.05) is 18.7 Å². The zero-order chi connectivity index (χ0) is 11.3. The molecule has 0 fully saturated rings. The number of hydrogen-bond acceptors (Lipinski definition) is 1. The van der Waals surface area contributed by atoms with E-state index in [0.29, 0.717) is 12.0 Å². The van der Waals surface area contributed by atoms with Crippen molar-refractivity contribution < 1.29 is 4.79 Å². The van der Waals surface area contributed by atoms with Crippen LogP contribution in [0.15, 0.2) is 0 Å². The molecule has 0 bridgehead atoms. The molecule has 2 heteroatoms. The molecule has 84 valence electrons. The molecule has 0 heterocycles. The summed E-state index contributed by atoms with van der Waals surface area (Å²) in [6, 6.07) is 0.323. The second kappa shape index (κ2) is 6.05. The quantitative estimate of drug-likeness (QED) is 0.666. The predicted octanol–water partition coefficient (Wildman–Crippen LogP) is 2.93. The van der Waals surface area contributed by atoms with Crippen LogP contribution in [-0.4, -0.2) is 23.4 Å². The molecule has 2 nitrogen and oxygen atoms in total. The minimum atomic E-state index is 0.115. The molecule has 14 heavy (non-hydrogen) atoms. The van der Waals surface area contributed by atoms with E-state index in [1.165, 1.54) is 0 Å². The van der Waals surface area contributed by atoms with Crippen molar-refractivity contribution in [2.45, 2.75) is 54.0 Å². The molecule has 0 aromatic heterocycles. The van der Waals surface area contributed by atoms with E-state index in [1.54, 1.807) is 0 Å². The van der Waals surface area contributed by atoms with Crippen molar-refractivity contribution in [1.82, 2.24) is 4.90 Å². The van der Waals surface area contributed by atoms with E-state index in [-0.39, 0.29) is 11.8 Å². The largest absolute Gasteiger partial charge is 0.340 e. The molecular formula is C12H25NO. The third-order valence-corrected chi connectivity index (χ3v) is 2.35. The highest BCUT2D eigenvalue weighted by Gasteiger charge is 2.19. The zero-order valence-corrected chi connectivity index (χ0v) is 10.5. The van der Waals surface area contributed by atoms with E-state index in [9.17, 15) is 4.79 Å². The Morgan fingerprint density at radius 2 is 1.57 bits per heavy atom. The van der Waals surface area contributed by atoms with Gasteiger partial charge in [0.2, 0.25) is 5.91 Å². The lowest BCUT2D eigenvalue weighted by molar-refractivity contribution is -0.136. The zero-order valence-electron chi connectivity index (χ0n) is 10.5. The van der Waals surface area contributed by atoms with E-state index in [0.717, 1.165) is 13.0 Å². The Bertz CT molecular complexity index is 173. The van der Waals surface area contributed by atoms with Crippen LogP contribution in [0.4, 0.5) is 0 Å². The third-order valence-electron chi connectivity index (χ3n) is 2.35. The highest BCUT2D eigenvalue weighted by atomic mass is 16.2. The summed E-state index contributed by atoms with van der Waals surface area (Å²) in [5.74, 6) is 1.06. The summed E-state index contributed by atoms with van der Waals surface area (Å²) in [5.41, 5.74) is 0. The van der Waals surface area contributed by atoms with Gasteiger partial charge in [-0.05, 0) is 26.2 Å². The van der Waals surface area contributed by atoms with Gasteiger partial charge in [-0.25, -0.2) is 0 Å². The van der Waals surface area contributed by atoms with Crippen LogP contribution in [0, 0.1) is 11.8 Å². The summed E-state index contributed by atoms with van der Waals surface area (Å²) in [4.78, 5) is 13.8. The van der Waals surface area contributed by atoms with Crippen LogP contribution in [0.25, 0.3) is 0 Å². The molecule has 0 aromatic rings. The summed E-state index contributed by atoms with van der Waals surface area (Å²) >= 11 is 0. The maximum Gasteiger partial charge on any atom is 0.225 e. The van der Waals surface area contributed by atoms with E-state index in [2.05, 4.69) is 27.7 Å². The number of hydrogen-bond donors (Lipinski definition) is 0. The van der Waals surface area contributed by atoms with Gasteiger partial charge >= 0.3 is 0 Å². The van der Waals surface area contributed by atoms with Crippen LogP contribution >= 0.6 is 0 Å². The number of carbonyl (C=O) groups excluding carboxylic acids is 1. The first-order valence-electron chi connectivity index (χ1n) is 5.66. The fourth-order valence-corrected chi connectivity index (χ4v) is 1.35. The Morgan fingerprint density at radius 1 is 1.07 bits per heavy atom. The van der Waals surface area contributed by atoms with Gasteiger partial charge in [-0.3, -0.25) is 4.79 Å². The summed E-state index contributed by atoms with van der Waals surface area (Å²) in [6.45, 7) is 13.4. The normalized spacial score (nSPS) is 11.5. The first kappa shape index (κ1) is 13.5. The molecule has 0 saturated carbocycles. The van der Waals surface area contributed by atoms with Crippen molar-refractivity contribution in [3.05, 3.63) is 0 Å². The van der Waals surface area contributed by atoms with Crippen molar-refractivity contribution >= 4 is 5.91 Å². The van der Waals surface area contributed by atoms with E-state index < -0.39 is 0 Å². The Hall–Kier alpha value is -0.530. The molecule has 0 radical (unpaired) electrons. The average molecular weight is 199 g/mol. The fourth-order valence-electron chi connectivity index (χ4n) is 1.35. The molecule has 0 aromatic carbocycles. The smallest absolute Gasteiger partial charge is 0.225 e. The Morgan fingerprint density at radius 3 is 1.86 bits per heavy atom. The van der Waals surface area contributed by atoms with Crippen molar-refractivity contribution in [1.29, 1.82) is 0 Å². The van der Waals surface area contributed by atoms with Gasteiger partial charge in [0.1, 0.15) is 0 Å². The van der Waals surface area contributed by atoms with Gasteiger partial charge in [0.05, 0.1) is 0 Å². The van der Waals surface area contributed by atoms with Gasteiger partial charge in [-0.15, -0.1) is 0 Å². The molecule has 0 N–H and O–H groups in total. The van der Waals surface area contributed by atoms with Gasteiger partial charge in [-0.2, -0.15) is 0 Å². The predicted molar refractivity (Wildman–Crippen MR) is 61.1 cm³/mol. The first-order valence-corrected chi connectivity index (χ1v) is 5.66. The molecule has 0 aliphatic heterocycles. The Balaban J connectivity index is 4.23. The van der Waals surface area contributed by atoms with Crippen molar-refractivity contribution in [2.75, 3.05) is 6.54 Å². The topological polar surface area (TPSA) is 20.3 Å². The lowest BCUT2D eigenvalue weighted by Gasteiger charge is -2.29. The monoisotopic (exact) mass is 199 g/mol. The minimum Gasteiger partial charge on any atom is -0.340 e. The van der Waals surface area contributed by atoms with Gasteiger partial charge in [0, 0.05) is 18.5 Å². The molecule has 1 amide bonds. The lowest BCUT2D eigenvalue weighted by atomic mass is 10.1. The van der Waals surface area contributed by atoms with E-state index in [4.69, 9.17) is 0 Å². The second-order valence-corrected chi connectivity index (χ2v) is 4.96. The molecule has 0 atom stereocenters. The average Bonchev–Trinajstić information content (AvgIpc) is 2.02. The van der Waals surface area contributed by atoms with Crippen molar-refractivity contribution in [2.24, 2.45) is 11.8 Å². The molecule has 0 rings (SSSR count). The second-order valence-electron chi connectivity index (χ2n) is 4.96. The summed E-state index contributed by atoms with van der Waals surface area (Å²) in [6.07, 6.45) is 1.09. The highest BCUT2D eigenvalue weighted by molar-refractivity contribution is 5.78. The van der Waals surface area contributed by atoms with E-state index >= 15 is 0 Å². The van der Waals surface area contributed by atoms with Gasteiger partial charge in [0.15, 0.2) is 0 Å². The van der Waals surface area contributed by atoms with Gasteiger partial charge < -0.3 is 4.90 Å². The summed E-state index contributed by atoms with van der Waals surface area (Å²) in [7, 11) is 0. The van der Waals surface area contributed by atoms with Crippen LogP contribution in [0.5, 0.6) is 0 Å². The Labute approximate surface area is 88.7 Å². The number of nitrogens with zero attached hydrogens (tertiary/aromatic N) is 1. The minimum absolute atomic E-state index is 0.115. The molecule has 0 aliphatic rings. The van der Waals surface area contributed by atoms with Crippen LogP contribution < -0.4 is 0 Å². The van der Waals surface area contributed by atoms with Crippen LogP contribution in [0.1, 0.15) is 48.0 Å². The number of carbonyl (C=O) groups is 1. The van der Waals surface area contributed by atoms with Crippen molar-refractivity contribution in [3.63, 3.8) is 0 Å². The van der Waals surface area contributed by atoms with Crippen LogP contribution in [-0.2, 0) is 4.79 Å². The summed E-state index contributed by atoms with van der Waals surface area (Å²) in [5, 5.41) is 0. The standard InChI is InChI=1S/C12H25NO/c1-9(2)7-8-13(11(5)6)12(14)10(3)4/h9-11H,7-8H2,1-6H3. The SMILES string of the molecule is CC(C)CCN(C(=O)C(C)C)C(C)C. The number of amides is 1. The maximum absolute atomic E-state index is 11.8. The number of rotatable bonds is 5. The third kappa shape index (κ3) is 4.64. The molecule has 0 aliphatic carbocycles. The van der Waals surface area contributed by atoms with Crippen LogP contribution in [0.3, 0.4) is 0 Å². The van der Waals surface area contributed by atoms with Crippen LogP contribution in [0.2, 0.25) is 0 Å². The van der Waals surface area contributed by atoms with Crippen molar-refractivity contribution in [3.8, 4) is 0 Å². The summed E-state index contributed by atoms with van der Waals surface area (Å²) < 4.78 is 0.